The molecule has 13 heavy (non-hydrogen) atoms. The number of thioether (sulfide) groups is 1. The molecule has 2 heterocycles. The van der Waals surface area contributed by atoms with Crippen LogP contribution in [0.3, 0.4) is 0 Å². The molecular formula is C6H6N2O4S. The third kappa shape index (κ3) is 1.65. The number of ether oxygens (including phenoxy) is 1. The molecule has 2 rings (SSSR count). The molecule has 0 aliphatic carbocycles. The molecule has 1 aromatic heterocycles. The van der Waals surface area contributed by atoms with Crippen molar-refractivity contribution in [2.24, 2.45) is 0 Å². The molecule has 0 radical (unpaired) electrons. The number of rotatable bonds is 3. The van der Waals surface area contributed by atoms with E-state index in [1.807, 2.05) is 0 Å². The van der Waals surface area contributed by atoms with Crippen molar-refractivity contribution >= 4 is 17.7 Å². The Morgan fingerprint density at radius 1 is 1.54 bits per heavy atom. The van der Waals surface area contributed by atoms with E-state index >= 15 is 0 Å². The number of aromatic carboxylic acids is 1. The van der Waals surface area contributed by atoms with Crippen molar-refractivity contribution in [3.63, 3.8) is 0 Å². The van der Waals surface area contributed by atoms with Crippen molar-refractivity contribution in [3.8, 4) is 0 Å². The van der Waals surface area contributed by atoms with Crippen LogP contribution in [0.1, 0.15) is 10.5 Å². The van der Waals surface area contributed by atoms with Crippen LogP contribution >= 0.6 is 11.8 Å². The minimum Gasteiger partial charge on any atom is -0.476 e. The first-order valence-electron chi connectivity index (χ1n) is 3.57. The molecule has 1 aromatic rings. The molecular weight excluding hydrogens is 196 g/mol. The van der Waals surface area contributed by atoms with Crippen molar-refractivity contribution < 1.29 is 19.3 Å². The van der Waals surface area contributed by atoms with Gasteiger partial charge in [-0.1, -0.05) is 11.8 Å². The zero-order valence-corrected chi connectivity index (χ0v) is 7.28. The first-order chi connectivity index (χ1) is 6.27. The van der Waals surface area contributed by atoms with Gasteiger partial charge in [0.25, 0.3) is 0 Å². The van der Waals surface area contributed by atoms with Gasteiger partial charge in [0, 0.05) is 0 Å². The molecule has 0 atom stereocenters. The molecule has 1 N–H and O–H groups in total. The third-order valence-electron chi connectivity index (χ3n) is 1.55. The molecule has 1 aliphatic heterocycles. The summed E-state index contributed by atoms with van der Waals surface area (Å²) in [4.78, 5) is 10.6. The van der Waals surface area contributed by atoms with E-state index in [0.717, 1.165) is 0 Å². The van der Waals surface area contributed by atoms with E-state index in [4.69, 9.17) is 9.84 Å². The Balaban J connectivity index is 2.09. The molecule has 1 fully saturated rings. The van der Waals surface area contributed by atoms with Gasteiger partial charge in [-0.05, 0) is 10.3 Å². The predicted octanol–water partition coefficient (Wildman–Crippen LogP) is 0.259. The van der Waals surface area contributed by atoms with E-state index < -0.39 is 5.97 Å². The molecule has 70 valence electrons. The maximum atomic E-state index is 10.6. The standard InChI is InChI=1S/C6H6N2O4S/c9-6(10)4-5(8-12-7-4)13-3-1-11-2-3/h3H,1-2H2,(H,9,10). The first kappa shape index (κ1) is 8.52. The first-order valence-corrected chi connectivity index (χ1v) is 4.45. The van der Waals surface area contributed by atoms with E-state index in [0.29, 0.717) is 18.2 Å². The summed E-state index contributed by atoms with van der Waals surface area (Å²) in [7, 11) is 0. The van der Waals surface area contributed by atoms with Crippen LogP contribution < -0.4 is 0 Å². The Morgan fingerprint density at radius 3 is 2.85 bits per heavy atom. The number of hydrogen-bond donors (Lipinski definition) is 1. The second-order valence-electron chi connectivity index (χ2n) is 2.50. The van der Waals surface area contributed by atoms with Gasteiger partial charge < -0.3 is 9.84 Å². The Morgan fingerprint density at radius 2 is 2.31 bits per heavy atom. The molecule has 0 saturated carbocycles. The van der Waals surface area contributed by atoms with Gasteiger partial charge in [-0.3, -0.25) is 0 Å². The van der Waals surface area contributed by atoms with Crippen LogP contribution in [0.2, 0.25) is 0 Å². The van der Waals surface area contributed by atoms with E-state index in [1.54, 1.807) is 0 Å². The maximum Gasteiger partial charge on any atom is 0.361 e. The third-order valence-corrected chi connectivity index (χ3v) is 2.64. The van der Waals surface area contributed by atoms with Crippen LogP contribution in [-0.2, 0) is 4.74 Å². The van der Waals surface area contributed by atoms with Crippen LogP contribution in [0.15, 0.2) is 9.65 Å². The second kappa shape index (κ2) is 3.35. The molecule has 0 aromatic carbocycles. The van der Waals surface area contributed by atoms with E-state index in [-0.39, 0.29) is 10.9 Å². The summed E-state index contributed by atoms with van der Waals surface area (Å²) in [5.41, 5.74) is -0.128. The number of hydrogen-bond acceptors (Lipinski definition) is 6. The fraction of sp³-hybridized carbons (Fsp3) is 0.500. The highest BCUT2D eigenvalue weighted by Gasteiger charge is 2.25. The zero-order chi connectivity index (χ0) is 9.26. The van der Waals surface area contributed by atoms with Crippen LogP contribution in [-0.4, -0.2) is 39.9 Å². The van der Waals surface area contributed by atoms with Crippen LogP contribution in [0.4, 0.5) is 0 Å². The molecule has 7 heteroatoms. The van der Waals surface area contributed by atoms with Gasteiger partial charge in [-0.15, -0.1) is 0 Å². The molecule has 0 unspecified atom stereocenters. The van der Waals surface area contributed by atoms with Gasteiger partial charge in [0.2, 0.25) is 5.69 Å². The van der Waals surface area contributed by atoms with Gasteiger partial charge >= 0.3 is 5.97 Å². The van der Waals surface area contributed by atoms with Crippen molar-refractivity contribution in [2.75, 3.05) is 13.2 Å². The molecule has 6 nitrogen and oxygen atoms in total. The summed E-state index contributed by atoms with van der Waals surface area (Å²) in [5, 5.41) is 16.0. The average Bonchev–Trinajstić information content (AvgIpc) is 2.44. The van der Waals surface area contributed by atoms with Gasteiger partial charge in [0.05, 0.1) is 18.5 Å². The Kier molecular flexibility index (Phi) is 2.19. The number of carboxylic acids is 1. The summed E-state index contributed by atoms with van der Waals surface area (Å²) in [6.07, 6.45) is 0. The van der Waals surface area contributed by atoms with Crippen molar-refractivity contribution in [3.05, 3.63) is 5.69 Å². The largest absolute Gasteiger partial charge is 0.476 e. The summed E-state index contributed by atoms with van der Waals surface area (Å²) in [6, 6.07) is 0. The van der Waals surface area contributed by atoms with Crippen molar-refractivity contribution in [1.29, 1.82) is 0 Å². The van der Waals surface area contributed by atoms with Gasteiger partial charge in [-0.2, -0.15) is 0 Å². The van der Waals surface area contributed by atoms with Crippen LogP contribution in [0.25, 0.3) is 0 Å². The molecule has 0 amide bonds. The Hall–Kier alpha value is -1.08. The fourth-order valence-electron chi connectivity index (χ4n) is 0.828. The quantitative estimate of drug-likeness (QED) is 0.752. The number of carboxylic acid groups (broad SMARTS) is 1. The lowest BCUT2D eigenvalue weighted by Crippen LogP contribution is -2.30. The highest BCUT2D eigenvalue weighted by molar-refractivity contribution is 8.00. The smallest absolute Gasteiger partial charge is 0.361 e. The monoisotopic (exact) mass is 202 g/mol. The lowest BCUT2D eigenvalue weighted by Gasteiger charge is -2.23. The number of aromatic nitrogens is 2. The SMILES string of the molecule is O=C(O)c1nonc1SC1COC1. The Labute approximate surface area is 77.2 Å². The van der Waals surface area contributed by atoms with Crippen LogP contribution in [0, 0.1) is 0 Å². The molecule has 0 spiro atoms. The van der Waals surface area contributed by atoms with E-state index in [9.17, 15) is 4.79 Å². The van der Waals surface area contributed by atoms with E-state index in [1.165, 1.54) is 11.8 Å². The predicted molar refractivity (Wildman–Crippen MR) is 41.7 cm³/mol. The molecule has 0 bridgehead atoms. The van der Waals surface area contributed by atoms with Gasteiger partial charge in [-0.25, -0.2) is 9.42 Å². The van der Waals surface area contributed by atoms with E-state index in [2.05, 4.69) is 14.9 Å². The van der Waals surface area contributed by atoms with Gasteiger partial charge in [0.1, 0.15) is 0 Å². The highest BCUT2D eigenvalue weighted by atomic mass is 32.2. The van der Waals surface area contributed by atoms with Gasteiger partial charge in [0.15, 0.2) is 5.03 Å². The number of nitrogens with zero attached hydrogens (tertiary/aromatic N) is 2. The number of carbonyl (C=O) groups is 1. The summed E-state index contributed by atoms with van der Waals surface area (Å²) < 4.78 is 9.27. The fourth-order valence-corrected chi connectivity index (χ4v) is 1.79. The lowest BCUT2D eigenvalue weighted by molar-refractivity contribution is 0.0453. The normalized spacial score (nSPS) is 16.9. The second-order valence-corrected chi connectivity index (χ2v) is 3.79. The van der Waals surface area contributed by atoms with Crippen molar-refractivity contribution in [1.82, 2.24) is 10.3 Å². The summed E-state index contributed by atoms with van der Waals surface area (Å²) in [5.74, 6) is -1.12. The molecule has 1 saturated heterocycles. The highest BCUT2D eigenvalue weighted by Crippen LogP contribution is 2.28. The zero-order valence-electron chi connectivity index (χ0n) is 6.47. The lowest BCUT2D eigenvalue weighted by atomic mass is 10.4. The Bertz CT molecular complexity index is 322. The van der Waals surface area contributed by atoms with Crippen LogP contribution in [0.5, 0.6) is 0 Å². The topological polar surface area (TPSA) is 85.5 Å². The minimum absolute atomic E-state index is 0.128. The summed E-state index contributed by atoms with van der Waals surface area (Å²) in [6.45, 7) is 1.24. The molecule has 1 aliphatic rings. The summed E-state index contributed by atoms with van der Waals surface area (Å²) >= 11 is 1.32. The van der Waals surface area contributed by atoms with Crippen molar-refractivity contribution in [2.45, 2.75) is 10.3 Å². The minimum atomic E-state index is -1.12. The average molecular weight is 202 g/mol. The maximum absolute atomic E-state index is 10.6.